The van der Waals surface area contributed by atoms with E-state index in [0.717, 1.165) is 23.3 Å². The Hall–Kier alpha value is -0.190. The summed E-state index contributed by atoms with van der Waals surface area (Å²) in [6, 6.07) is 6.16. The van der Waals surface area contributed by atoms with Gasteiger partial charge in [-0.25, -0.2) is 0 Å². The number of thioether (sulfide) groups is 1. The molecule has 0 aliphatic rings. The summed E-state index contributed by atoms with van der Waals surface area (Å²) in [5, 5.41) is 0. The highest BCUT2D eigenvalue weighted by Gasteiger charge is 2.17. The summed E-state index contributed by atoms with van der Waals surface area (Å²) in [6.45, 7) is 3.89. The number of carbonyl (C=O) groups is 1. The lowest BCUT2D eigenvalue weighted by atomic mass is 9.97. The molecule has 0 spiro atoms. The van der Waals surface area contributed by atoms with Crippen molar-refractivity contribution in [2.45, 2.75) is 35.4 Å². The van der Waals surface area contributed by atoms with Gasteiger partial charge in [0.25, 0.3) is 0 Å². The summed E-state index contributed by atoms with van der Waals surface area (Å²) in [5.74, 6) is 0.539. The van der Waals surface area contributed by atoms with Crippen LogP contribution in [0.5, 0.6) is 0 Å². The zero-order valence-electron chi connectivity index (χ0n) is 11.3. The number of hydrogen-bond donors (Lipinski definition) is 0. The van der Waals surface area contributed by atoms with Crippen molar-refractivity contribution in [3.8, 4) is 0 Å². The van der Waals surface area contributed by atoms with E-state index in [2.05, 4.69) is 22.0 Å². The third-order valence-electron chi connectivity index (χ3n) is 2.87. The van der Waals surface area contributed by atoms with Crippen molar-refractivity contribution < 1.29 is 9.53 Å². The standard InChI is InChI=1S/C14H18BrClO2S/c1-9-8-11(19-7-6-13(15)16)4-5-12(9)10(2)14(17)18-3/h4-5,8,10,13H,6-7H2,1-3H3. The van der Waals surface area contributed by atoms with Crippen LogP contribution in [-0.2, 0) is 9.53 Å². The molecule has 2 atom stereocenters. The number of alkyl halides is 2. The van der Waals surface area contributed by atoms with Gasteiger partial charge in [0.2, 0.25) is 0 Å². The summed E-state index contributed by atoms with van der Waals surface area (Å²) in [4.78, 5) is 12.7. The van der Waals surface area contributed by atoms with Crippen LogP contribution in [0.4, 0.5) is 0 Å². The quantitative estimate of drug-likeness (QED) is 0.415. The monoisotopic (exact) mass is 364 g/mol. The van der Waals surface area contributed by atoms with Crippen molar-refractivity contribution in [3.63, 3.8) is 0 Å². The van der Waals surface area contributed by atoms with Gasteiger partial charge in [-0.3, -0.25) is 4.79 Å². The molecule has 19 heavy (non-hydrogen) atoms. The number of carbonyl (C=O) groups excluding carboxylic acids is 1. The first-order valence-corrected chi connectivity index (χ1v) is 8.38. The summed E-state index contributed by atoms with van der Waals surface area (Å²) in [5.41, 5.74) is 2.14. The van der Waals surface area contributed by atoms with Gasteiger partial charge in [-0.15, -0.1) is 23.4 Å². The molecule has 0 bridgehead atoms. The van der Waals surface area contributed by atoms with E-state index in [1.165, 1.54) is 12.0 Å². The molecule has 0 heterocycles. The third kappa shape index (κ3) is 5.36. The first-order valence-electron chi connectivity index (χ1n) is 6.05. The fourth-order valence-corrected chi connectivity index (χ4v) is 3.58. The zero-order valence-corrected chi connectivity index (χ0v) is 14.4. The number of rotatable bonds is 6. The molecule has 2 unspecified atom stereocenters. The van der Waals surface area contributed by atoms with E-state index >= 15 is 0 Å². The van der Waals surface area contributed by atoms with Gasteiger partial charge in [0.1, 0.15) is 0 Å². The van der Waals surface area contributed by atoms with Crippen molar-refractivity contribution in [1.29, 1.82) is 0 Å². The molecule has 0 aliphatic carbocycles. The fraction of sp³-hybridized carbons (Fsp3) is 0.500. The van der Waals surface area contributed by atoms with Gasteiger partial charge < -0.3 is 4.74 Å². The van der Waals surface area contributed by atoms with E-state index < -0.39 is 0 Å². The van der Waals surface area contributed by atoms with Crippen LogP contribution < -0.4 is 0 Å². The van der Waals surface area contributed by atoms with Crippen molar-refractivity contribution in [1.82, 2.24) is 0 Å². The largest absolute Gasteiger partial charge is 0.469 e. The molecule has 0 aliphatic heterocycles. The minimum Gasteiger partial charge on any atom is -0.469 e. The summed E-state index contributed by atoms with van der Waals surface area (Å²) in [6.07, 6.45) is 0.908. The highest BCUT2D eigenvalue weighted by Crippen LogP contribution is 2.27. The third-order valence-corrected chi connectivity index (χ3v) is 4.57. The van der Waals surface area contributed by atoms with Crippen LogP contribution in [0.3, 0.4) is 0 Å². The number of benzene rings is 1. The molecule has 0 radical (unpaired) electrons. The van der Waals surface area contributed by atoms with E-state index in [-0.39, 0.29) is 16.2 Å². The average molecular weight is 366 g/mol. The fourth-order valence-electron chi connectivity index (χ4n) is 1.79. The normalized spacial score (nSPS) is 13.9. The molecule has 5 heteroatoms. The maximum atomic E-state index is 11.5. The molecule has 106 valence electrons. The van der Waals surface area contributed by atoms with E-state index in [1.807, 2.05) is 26.0 Å². The Morgan fingerprint density at radius 1 is 1.53 bits per heavy atom. The highest BCUT2D eigenvalue weighted by molar-refractivity contribution is 9.10. The Balaban J connectivity index is 2.71. The number of methoxy groups -OCH3 is 1. The van der Waals surface area contributed by atoms with Crippen LogP contribution in [0.1, 0.15) is 30.4 Å². The van der Waals surface area contributed by atoms with E-state index in [1.54, 1.807) is 11.8 Å². The van der Waals surface area contributed by atoms with Crippen LogP contribution >= 0.6 is 39.3 Å². The Morgan fingerprint density at radius 2 is 2.21 bits per heavy atom. The van der Waals surface area contributed by atoms with E-state index in [4.69, 9.17) is 16.3 Å². The topological polar surface area (TPSA) is 26.3 Å². The number of ether oxygens (including phenoxy) is 1. The molecular weight excluding hydrogens is 348 g/mol. The van der Waals surface area contributed by atoms with Gasteiger partial charge in [0, 0.05) is 10.6 Å². The molecule has 0 fully saturated rings. The van der Waals surface area contributed by atoms with Gasteiger partial charge >= 0.3 is 5.97 Å². The van der Waals surface area contributed by atoms with Crippen LogP contribution in [0, 0.1) is 6.92 Å². The number of esters is 1. The lowest BCUT2D eigenvalue weighted by Crippen LogP contribution is -2.11. The van der Waals surface area contributed by atoms with Crippen molar-refractivity contribution in [2.75, 3.05) is 12.9 Å². The zero-order chi connectivity index (χ0) is 14.4. The molecule has 1 aromatic rings. The number of halogens is 2. The predicted molar refractivity (Wildman–Crippen MR) is 85.5 cm³/mol. The Morgan fingerprint density at radius 3 is 2.74 bits per heavy atom. The molecule has 0 amide bonds. The van der Waals surface area contributed by atoms with Crippen LogP contribution in [-0.4, -0.2) is 23.1 Å². The van der Waals surface area contributed by atoms with Gasteiger partial charge in [-0.2, -0.15) is 0 Å². The SMILES string of the molecule is COC(=O)C(C)c1ccc(SCCC(Cl)Br)cc1C. The summed E-state index contributed by atoms with van der Waals surface area (Å²) < 4.78 is 4.81. The highest BCUT2D eigenvalue weighted by atomic mass is 79.9. The molecule has 1 aromatic carbocycles. The van der Waals surface area contributed by atoms with Gasteiger partial charge in [-0.1, -0.05) is 22.0 Å². The first kappa shape index (κ1) is 16.9. The maximum Gasteiger partial charge on any atom is 0.312 e. The molecule has 0 N–H and O–H groups in total. The minimum atomic E-state index is -0.223. The van der Waals surface area contributed by atoms with E-state index in [0.29, 0.717) is 0 Å². The molecule has 0 saturated carbocycles. The van der Waals surface area contributed by atoms with Gasteiger partial charge in [0.05, 0.1) is 17.3 Å². The second-order valence-corrected chi connectivity index (χ2v) is 7.62. The maximum absolute atomic E-state index is 11.5. The Bertz CT molecular complexity index is 437. The number of hydrogen-bond acceptors (Lipinski definition) is 3. The smallest absolute Gasteiger partial charge is 0.312 e. The Labute approximate surface area is 132 Å². The van der Waals surface area contributed by atoms with Crippen molar-refractivity contribution >= 4 is 45.3 Å². The molecule has 1 rings (SSSR count). The summed E-state index contributed by atoms with van der Waals surface area (Å²) in [7, 11) is 1.42. The lowest BCUT2D eigenvalue weighted by molar-refractivity contribution is -0.142. The average Bonchev–Trinajstić information content (AvgIpc) is 2.36. The van der Waals surface area contributed by atoms with Crippen LogP contribution in [0.15, 0.2) is 23.1 Å². The summed E-state index contributed by atoms with van der Waals surface area (Å²) >= 11 is 10.9. The minimum absolute atomic E-state index is 0.0275. The van der Waals surface area contributed by atoms with Crippen molar-refractivity contribution in [2.24, 2.45) is 0 Å². The number of aryl methyl sites for hydroxylation is 1. The molecular formula is C14H18BrClO2S. The molecule has 0 saturated heterocycles. The van der Waals surface area contributed by atoms with Crippen molar-refractivity contribution in [3.05, 3.63) is 29.3 Å². The van der Waals surface area contributed by atoms with Crippen LogP contribution in [0.2, 0.25) is 0 Å². The second-order valence-electron chi connectivity index (χ2n) is 4.29. The van der Waals surface area contributed by atoms with E-state index in [9.17, 15) is 4.79 Å². The molecule has 0 aromatic heterocycles. The Kier molecular flexibility index (Phi) is 7.26. The molecule has 2 nitrogen and oxygen atoms in total. The predicted octanol–water partition coefficient (Wildman–Crippen LogP) is 4.71. The lowest BCUT2D eigenvalue weighted by Gasteiger charge is -2.13. The van der Waals surface area contributed by atoms with Gasteiger partial charge in [0.15, 0.2) is 0 Å². The van der Waals surface area contributed by atoms with Crippen LogP contribution in [0.25, 0.3) is 0 Å². The first-order chi connectivity index (χ1) is 8.95. The van der Waals surface area contributed by atoms with Gasteiger partial charge in [-0.05, 0) is 43.5 Å². The second kappa shape index (κ2) is 8.18.